The summed E-state index contributed by atoms with van der Waals surface area (Å²) in [6.45, 7) is 0.768. The van der Waals surface area contributed by atoms with Crippen molar-refractivity contribution in [3.63, 3.8) is 0 Å². The Morgan fingerprint density at radius 1 is 0.506 bits per heavy atom. The van der Waals surface area contributed by atoms with Gasteiger partial charge < -0.3 is 61.9 Å². The highest BCUT2D eigenvalue weighted by atomic mass is 127. The van der Waals surface area contributed by atoms with E-state index in [2.05, 4.69) is 43.9 Å². The van der Waals surface area contributed by atoms with Crippen LogP contribution >= 0.6 is 22.6 Å². The third-order valence-corrected chi connectivity index (χ3v) is 13.5. The van der Waals surface area contributed by atoms with E-state index in [1.165, 1.54) is 0 Å². The number of aliphatic carboxylic acids is 7. The molecular formula is C51H72IN9O18. The van der Waals surface area contributed by atoms with E-state index in [-0.39, 0.29) is 142 Å². The molecule has 3 rings (SSSR count). The Balaban J connectivity index is 1.49. The Morgan fingerprint density at radius 2 is 1.00 bits per heavy atom. The molecule has 1 unspecified atom stereocenters. The van der Waals surface area contributed by atoms with E-state index in [1.54, 1.807) is 48.8 Å². The first-order chi connectivity index (χ1) is 37.5. The maximum absolute atomic E-state index is 13.9. The van der Waals surface area contributed by atoms with Gasteiger partial charge in [0.2, 0.25) is 11.8 Å². The van der Waals surface area contributed by atoms with E-state index in [9.17, 15) is 83.4 Å². The molecule has 436 valence electrons. The van der Waals surface area contributed by atoms with Crippen LogP contribution in [0.2, 0.25) is 0 Å². The molecular weight excluding hydrogens is 1150 g/mol. The molecule has 0 aliphatic carbocycles. The molecule has 0 bridgehead atoms. The number of carboxylic acids is 7. The van der Waals surface area contributed by atoms with Gasteiger partial charge in [-0.2, -0.15) is 0 Å². The second-order valence-corrected chi connectivity index (χ2v) is 20.1. The number of carboxylic acid groups (broad SMARTS) is 7. The Morgan fingerprint density at radius 3 is 1.49 bits per heavy atom. The van der Waals surface area contributed by atoms with Crippen LogP contribution in [0.4, 0.5) is 4.79 Å². The lowest BCUT2D eigenvalue weighted by Crippen LogP contribution is -2.52. The monoisotopic (exact) mass is 1230 g/mol. The molecule has 1 aliphatic rings. The van der Waals surface area contributed by atoms with Crippen LogP contribution in [-0.2, 0) is 56.2 Å². The smallest absolute Gasteiger partial charge is 0.326 e. The summed E-state index contributed by atoms with van der Waals surface area (Å²) >= 11 is 2.16. The molecule has 1 fully saturated rings. The first kappa shape index (κ1) is 66.3. The van der Waals surface area contributed by atoms with Gasteiger partial charge in [-0.3, -0.25) is 58.0 Å². The van der Waals surface area contributed by atoms with Gasteiger partial charge in [0.05, 0.1) is 19.6 Å². The van der Waals surface area contributed by atoms with Crippen LogP contribution in [0.15, 0.2) is 48.5 Å². The van der Waals surface area contributed by atoms with Gasteiger partial charge in [0, 0.05) is 107 Å². The summed E-state index contributed by atoms with van der Waals surface area (Å²) in [4.78, 5) is 142. The second-order valence-electron chi connectivity index (χ2n) is 18.9. The molecule has 3 atom stereocenters. The number of halogens is 1. The van der Waals surface area contributed by atoms with Crippen LogP contribution < -0.4 is 21.3 Å². The average Bonchev–Trinajstić information content (AvgIpc) is 3.37. The summed E-state index contributed by atoms with van der Waals surface area (Å²) in [7, 11) is 0. The number of urea groups is 1. The number of amides is 5. The number of carbonyl (C=O) groups excluding carboxylic acids is 4. The van der Waals surface area contributed by atoms with Crippen LogP contribution in [-0.4, -0.2) is 229 Å². The van der Waals surface area contributed by atoms with Crippen molar-refractivity contribution in [1.82, 2.24) is 45.8 Å². The number of hydrogen-bond donors (Lipinski definition) is 11. The quantitative estimate of drug-likeness (QED) is 0.0347. The molecule has 11 N–H and O–H groups in total. The fourth-order valence-electron chi connectivity index (χ4n) is 8.46. The van der Waals surface area contributed by atoms with E-state index >= 15 is 0 Å². The molecule has 0 saturated carbocycles. The Kier molecular flexibility index (Phi) is 29.8. The van der Waals surface area contributed by atoms with E-state index in [4.69, 9.17) is 5.11 Å². The third-order valence-electron chi connectivity index (χ3n) is 12.8. The molecule has 2 aromatic carbocycles. The molecule has 0 radical (unpaired) electrons. The van der Waals surface area contributed by atoms with Crippen molar-refractivity contribution in [1.29, 1.82) is 0 Å². The Bertz CT molecular complexity index is 2350. The molecule has 0 spiro atoms. The van der Waals surface area contributed by atoms with Gasteiger partial charge in [-0.1, -0.05) is 24.3 Å². The normalized spacial score (nSPS) is 15.2. The van der Waals surface area contributed by atoms with Crippen molar-refractivity contribution >= 4 is 88.1 Å². The molecule has 1 aliphatic heterocycles. The number of unbranched alkanes of at least 4 members (excludes halogenated alkanes) is 2. The minimum absolute atomic E-state index is 0.0563. The molecule has 1 saturated heterocycles. The van der Waals surface area contributed by atoms with Crippen LogP contribution in [0.1, 0.15) is 85.7 Å². The van der Waals surface area contributed by atoms with Gasteiger partial charge in [-0.05, 0) is 103 Å². The van der Waals surface area contributed by atoms with Crippen molar-refractivity contribution < 1.29 is 88.5 Å². The highest BCUT2D eigenvalue weighted by Gasteiger charge is 2.30. The maximum atomic E-state index is 13.9. The maximum Gasteiger partial charge on any atom is 0.326 e. The fraction of sp³-hybridized carbons (Fsp3) is 0.549. The number of hydrogen-bond acceptors (Lipinski definition) is 15. The van der Waals surface area contributed by atoms with E-state index in [0.29, 0.717) is 30.4 Å². The summed E-state index contributed by atoms with van der Waals surface area (Å²) in [6, 6.07) is 8.99. The van der Waals surface area contributed by atoms with Crippen LogP contribution in [0.25, 0.3) is 0 Å². The van der Waals surface area contributed by atoms with Crippen molar-refractivity contribution in [2.24, 2.45) is 0 Å². The first-order valence-electron chi connectivity index (χ1n) is 25.7. The minimum Gasteiger partial charge on any atom is -0.481 e. The fourth-order valence-corrected chi connectivity index (χ4v) is 8.82. The zero-order chi connectivity index (χ0) is 58.4. The number of nitrogens with zero attached hydrogens (tertiary/aromatic N) is 5. The lowest BCUT2D eigenvalue weighted by molar-refractivity contribution is -0.145. The SMILES string of the molecule is O=C(O)CC[C@@H](NC(=O)N[C@H](CCCCN(Cc1ccc(I)cc1)C(=O)c1ccc(CNC(=O)CCCCNC(=O)CCC(C(=O)O)N2CCN(CC(=O)O)CCN(CC(=O)O)CCN(CC(=O)O)CC2)cc1)C(=O)O)C(=O)O. The van der Waals surface area contributed by atoms with Crippen molar-refractivity contribution in [3.8, 4) is 0 Å². The van der Waals surface area contributed by atoms with Gasteiger partial charge in [-0.25, -0.2) is 14.4 Å². The molecule has 5 amide bonds. The standard InChI is InChI=1S/C51H72IN9O18/c52-37-13-9-35(10-14-37)30-61(20-4-2-5-38(48(73)74)55-51(79)56-39(49(75)76)15-18-43(64)65)47(72)36-11-7-34(8-12-36)29-54-41(62)6-1-3-19-53-42(63)17-16-40(50(77)78)60-27-25-58(32-45(68)69)23-21-57(31-44(66)67)22-24-59(26-28-60)33-46(70)71/h7-14,38-40H,1-6,15-33H2,(H,53,63)(H,54,62)(H,64,65)(H,66,67)(H,68,69)(H,70,71)(H,73,74)(H,75,76)(H,77,78)(H2,55,56,79)/t38-,39-,40?/m1/s1. The Labute approximate surface area is 469 Å². The summed E-state index contributed by atoms with van der Waals surface area (Å²) in [6.07, 6.45) is 0.319. The lowest BCUT2D eigenvalue weighted by Gasteiger charge is -2.35. The predicted octanol–water partition coefficient (Wildman–Crippen LogP) is 0.786. The predicted molar refractivity (Wildman–Crippen MR) is 289 cm³/mol. The van der Waals surface area contributed by atoms with Crippen LogP contribution in [0.3, 0.4) is 0 Å². The lowest BCUT2D eigenvalue weighted by atomic mass is 10.1. The minimum atomic E-state index is -1.55. The van der Waals surface area contributed by atoms with Crippen LogP contribution in [0.5, 0.6) is 0 Å². The number of nitrogens with one attached hydrogen (secondary N) is 4. The summed E-state index contributed by atoms with van der Waals surface area (Å²) in [5.41, 5.74) is 1.91. The van der Waals surface area contributed by atoms with Crippen molar-refractivity contribution in [2.75, 3.05) is 85.1 Å². The van der Waals surface area contributed by atoms with Crippen molar-refractivity contribution in [3.05, 3.63) is 68.8 Å². The highest BCUT2D eigenvalue weighted by molar-refractivity contribution is 14.1. The Hall–Kier alpha value is -7.02. The van der Waals surface area contributed by atoms with Gasteiger partial charge >= 0.3 is 47.8 Å². The van der Waals surface area contributed by atoms with Gasteiger partial charge in [0.1, 0.15) is 18.1 Å². The zero-order valence-corrected chi connectivity index (χ0v) is 45.9. The molecule has 79 heavy (non-hydrogen) atoms. The van der Waals surface area contributed by atoms with E-state index in [1.807, 2.05) is 24.3 Å². The van der Waals surface area contributed by atoms with E-state index in [0.717, 1.165) is 9.13 Å². The first-order valence-corrected chi connectivity index (χ1v) is 26.8. The van der Waals surface area contributed by atoms with Crippen molar-refractivity contribution in [2.45, 2.75) is 95.4 Å². The molecule has 2 aromatic rings. The van der Waals surface area contributed by atoms with Gasteiger partial charge in [-0.15, -0.1) is 0 Å². The van der Waals surface area contributed by atoms with E-state index < -0.39 is 84.7 Å². The third kappa shape index (κ3) is 27.4. The summed E-state index contributed by atoms with van der Waals surface area (Å²) < 4.78 is 0.989. The summed E-state index contributed by atoms with van der Waals surface area (Å²) in [5.74, 6) is -9.67. The molecule has 28 heteroatoms. The second kappa shape index (κ2) is 35.5. The van der Waals surface area contributed by atoms with Crippen LogP contribution in [0, 0.1) is 3.57 Å². The van der Waals surface area contributed by atoms with Gasteiger partial charge in [0.25, 0.3) is 5.91 Å². The average molecular weight is 1230 g/mol. The molecule has 1 heterocycles. The number of benzene rings is 2. The zero-order valence-electron chi connectivity index (χ0n) is 43.8. The topological polar surface area (TPSA) is 394 Å². The van der Waals surface area contributed by atoms with Gasteiger partial charge in [0.15, 0.2) is 0 Å². The highest BCUT2D eigenvalue weighted by Crippen LogP contribution is 2.17. The summed E-state index contributed by atoms with van der Waals surface area (Å²) in [5, 5.41) is 76.5. The molecule has 27 nitrogen and oxygen atoms in total. The molecule has 0 aromatic heterocycles. The number of carbonyl (C=O) groups is 11. The number of rotatable bonds is 33. The largest absolute Gasteiger partial charge is 0.481 e.